The lowest BCUT2D eigenvalue weighted by Crippen LogP contribution is -2.38. The Morgan fingerprint density at radius 3 is 1.21 bits per heavy atom. The van der Waals surface area contributed by atoms with Gasteiger partial charge in [-0.1, -0.05) is 78.9 Å². The fourth-order valence-corrected chi connectivity index (χ4v) is 8.99. The molecule has 3 unspecified atom stereocenters. The maximum Gasteiger partial charge on any atom is 0.407 e. The molecule has 0 saturated heterocycles. The number of hydrogen-bond acceptors (Lipinski definition) is 15. The van der Waals surface area contributed by atoms with Gasteiger partial charge in [0, 0.05) is 84.9 Å². The van der Waals surface area contributed by atoms with Crippen LogP contribution in [0.15, 0.2) is 115 Å². The number of anilines is 3. The quantitative estimate of drug-likeness (QED) is 0.0115. The third-order valence-corrected chi connectivity index (χ3v) is 13.5. The summed E-state index contributed by atoms with van der Waals surface area (Å²) in [5.74, 6) is 1.08. The van der Waals surface area contributed by atoms with Gasteiger partial charge in [-0.3, -0.25) is 14.4 Å². The van der Waals surface area contributed by atoms with E-state index in [0.29, 0.717) is 67.8 Å². The average molecular weight is 1260 g/mol. The van der Waals surface area contributed by atoms with Crippen LogP contribution in [0.3, 0.4) is 0 Å². The summed E-state index contributed by atoms with van der Waals surface area (Å²) in [6.07, 6.45) is 1.31. The van der Waals surface area contributed by atoms with Gasteiger partial charge in [-0.05, 0) is 121 Å². The van der Waals surface area contributed by atoms with Gasteiger partial charge in [0.25, 0.3) is 0 Å². The van der Waals surface area contributed by atoms with Crippen LogP contribution in [0.4, 0.5) is 26.7 Å². The summed E-state index contributed by atoms with van der Waals surface area (Å²) in [4.78, 5) is 72.8. The molecular formula is C62H81Cl5N6O11. The van der Waals surface area contributed by atoms with Gasteiger partial charge in [-0.25, -0.2) is 9.59 Å². The van der Waals surface area contributed by atoms with Gasteiger partial charge in [-0.15, -0.1) is 58.0 Å². The van der Waals surface area contributed by atoms with Crippen molar-refractivity contribution in [1.29, 1.82) is 0 Å². The number of amides is 2. The maximum absolute atomic E-state index is 12.4. The van der Waals surface area contributed by atoms with E-state index in [1.165, 1.54) is 21.3 Å². The number of nitrogens with zero attached hydrogens (tertiary/aromatic N) is 2. The van der Waals surface area contributed by atoms with Gasteiger partial charge in [0.2, 0.25) is 0 Å². The highest BCUT2D eigenvalue weighted by molar-refractivity contribution is 6.24. The predicted molar refractivity (Wildman–Crippen MR) is 338 cm³/mol. The van der Waals surface area contributed by atoms with Crippen molar-refractivity contribution < 1.29 is 52.5 Å². The number of nitrogens with two attached hydrogens (primary N) is 2. The molecule has 5 aromatic rings. The SMILES string of the molecule is COC(=O)CC(Cc1cc(N(CCCl)CCCl)ccc1C)NC(=O)OCc1ccccc1.COC(=O)CC(Cc1cc(N)ccc1C)NC(=O)OCc1ccccc1.COC(=O)CC(N)Cc1cc(N(CCCl)CCCl)ccc1C.O=CCCl. The van der Waals surface area contributed by atoms with Crippen LogP contribution in [0.5, 0.6) is 0 Å². The average Bonchev–Trinajstić information content (AvgIpc) is 3.67. The van der Waals surface area contributed by atoms with Crippen molar-refractivity contribution in [2.45, 2.75) is 90.6 Å². The van der Waals surface area contributed by atoms with Crippen LogP contribution in [0.25, 0.3) is 0 Å². The molecule has 84 heavy (non-hydrogen) atoms. The Bertz CT molecular complexity index is 2720. The van der Waals surface area contributed by atoms with E-state index in [0.717, 1.165) is 69.0 Å². The van der Waals surface area contributed by atoms with E-state index in [9.17, 15) is 24.0 Å². The minimum atomic E-state index is -0.581. The molecule has 17 nitrogen and oxygen atoms in total. The minimum absolute atomic E-state index is 0.0354. The van der Waals surface area contributed by atoms with Crippen molar-refractivity contribution in [3.05, 3.63) is 160 Å². The number of carbonyl (C=O) groups excluding carboxylic acids is 6. The van der Waals surface area contributed by atoms with Crippen LogP contribution in [0, 0.1) is 20.8 Å². The number of carbonyl (C=O) groups is 6. The fourth-order valence-electron chi connectivity index (χ4n) is 8.17. The number of rotatable bonds is 29. The first-order chi connectivity index (χ1) is 40.4. The molecule has 0 aliphatic carbocycles. The highest BCUT2D eigenvalue weighted by atomic mass is 35.5. The number of aryl methyl sites for hydroxylation is 3. The summed E-state index contributed by atoms with van der Waals surface area (Å²) in [5, 5.41) is 5.55. The van der Waals surface area contributed by atoms with Crippen molar-refractivity contribution >= 4 is 111 Å². The number of ether oxygens (including phenoxy) is 5. The number of alkyl halides is 5. The number of nitrogens with one attached hydrogen (secondary N) is 2. The number of hydrogen-bond donors (Lipinski definition) is 4. The minimum Gasteiger partial charge on any atom is -0.469 e. The molecule has 460 valence electrons. The molecule has 0 aromatic heterocycles. The lowest BCUT2D eigenvalue weighted by atomic mass is 9.98. The van der Waals surface area contributed by atoms with Crippen LogP contribution in [0.1, 0.15) is 63.8 Å². The van der Waals surface area contributed by atoms with E-state index in [1.807, 2.05) is 112 Å². The fraction of sp³-hybridized carbons (Fsp3) is 0.419. The monoisotopic (exact) mass is 1260 g/mol. The standard InChI is InChI=1S/C24H30Cl2N2O4.C20H24N2O4.C16H24Cl2N2O2.C2H3ClO/c1-18-8-9-22(28(12-10-25)13-11-26)15-20(18)14-21(16-23(29)31-2)27-24(30)32-17-19-6-4-3-5-7-19;1-14-8-9-17(21)10-16(14)11-18(12-19(23)25-2)22-20(24)26-13-15-6-4-3-5-7-15;1-12-3-4-15(20(7-5-17)8-6-18)10-13(12)9-14(19)11-16(21)22-2;3-1-2-4/h3-9,15,21H,10-14,16-17H2,1-2H3,(H,27,30);3-10,18H,11-13,21H2,1-2H3,(H,22,24);3-4,10,14H,5-9,11,19H2,1-2H3;2H,1H2. The third-order valence-electron chi connectivity index (χ3n) is 12.7. The van der Waals surface area contributed by atoms with Crippen molar-refractivity contribution in [2.75, 3.05) is 92.4 Å². The molecule has 0 aliphatic rings. The first-order valence-electron chi connectivity index (χ1n) is 27.0. The summed E-state index contributed by atoms with van der Waals surface area (Å²) < 4.78 is 24.8. The first-order valence-corrected chi connectivity index (χ1v) is 29.7. The number of alkyl carbamates (subject to hydrolysis) is 2. The van der Waals surface area contributed by atoms with Crippen LogP contribution in [-0.4, -0.2) is 131 Å². The normalized spacial score (nSPS) is 11.4. The zero-order valence-corrected chi connectivity index (χ0v) is 52.5. The highest BCUT2D eigenvalue weighted by Crippen LogP contribution is 2.24. The molecule has 0 bridgehead atoms. The zero-order chi connectivity index (χ0) is 62.2. The van der Waals surface area contributed by atoms with E-state index >= 15 is 0 Å². The molecule has 0 aliphatic heterocycles. The second-order valence-corrected chi connectivity index (χ2v) is 20.8. The van der Waals surface area contributed by atoms with Gasteiger partial charge >= 0.3 is 30.1 Å². The Morgan fingerprint density at radius 2 is 0.857 bits per heavy atom. The molecule has 5 aromatic carbocycles. The molecule has 6 N–H and O–H groups in total. The Morgan fingerprint density at radius 1 is 0.512 bits per heavy atom. The molecule has 3 atom stereocenters. The summed E-state index contributed by atoms with van der Waals surface area (Å²) in [7, 11) is 4.02. The topological polar surface area (TPSA) is 231 Å². The zero-order valence-electron chi connectivity index (χ0n) is 48.7. The Kier molecular flexibility index (Phi) is 37.9. The highest BCUT2D eigenvalue weighted by Gasteiger charge is 2.22. The van der Waals surface area contributed by atoms with Crippen molar-refractivity contribution in [3.63, 3.8) is 0 Å². The van der Waals surface area contributed by atoms with Crippen LogP contribution >= 0.6 is 58.0 Å². The second-order valence-electron chi connectivity index (χ2n) is 19.0. The lowest BCUT2D eigenvalue weighted by Gasteiger charge is -2.25. The first kappa shape index (κ1) is 73.6. The molecule has 0 heterocycles. The van der Waals surface area contributed by atoms with Gasteiger partial charge in [0.05, 0.1) is 46.5 Å². The van der Waals surface area contributed by atoms with Crippen molar-refractivity contribution in [1.82, 2.24) is 10.6 Å². The van der Waals surface area contributed by atoms with E-state index in [1.54, 1.807) is 0 Å². The maximum atomic E-state index is 12.4. The molecule has 0 radical (unpaired) electrons. The van der Waals surface area contributed by atoms with Gasteiger partial charge < -0.3 is 60.4 Å². The molecule has 5 rings (SSSR count). The molecule has 0 saturated carbocycles. The van der Waals surface area contributed by atoms with E-state index in [2.05, 4.69) is 49.4 Å². The number of nitrogen functional groups attached to an aromatic ring is 1. The largest absolute Gasteiger partial charge is 0.469 e. The predicted octanol–water partition coefficient (Wildman–Crippen LogP) is 10.8. The third kappa shape index (κ3) is 30.4. The Balaban J connectivity index is 0.000000423. The van der Waals surface area contributed by atoms with E-state index in [4.69, 9.17) is 93.2 Å². The molecule has 0 fully saturated rings. The molecule has 0 spiro atoms. The number of aldehydes is 1. The lowest BCUT2D eigenvalue weighted by molar-refractivity contribution is -0.142. The molecule has 2 amide bonds. The van der Waals surface area contributed by atoms with E-state index in [-0.39, 0.29) is 50.4 Å². The van der Waals surface area contributed by atoms with Crippen LogP contribution in [-0.2, 0) is 75.3 Å². The summed E-state index contributed by atoms with van der Waals surface area (Å²) in [5.41, 5.74) is 22.7. The Labute approximate surface area is 520 Å². The summed E-state index contributed by atoms with van der Waals surface area (Å²) in [6.45, 7) is 9.13. The number of methoxy groups -OCH3 is 3. The summed E-state index contributed by atoms with van der Waals surface area (Å²) >= 11 is 28.4. The second kappa shape index (κ2) is 43.2. The van der Waals surface area contributed by atoms with Crippen LogP contribution < -0.4 is 31.9 Å². The summed E-state index contributed by atoms with van der Waals surface area (Å²) in [6, 6.07) is 35.5. The number of benzene rings is 5. The van der Waals surface area contributed by atoms with Crippen molar-refractivity contribution in [2.24, 2.45) is 5.73 Å². The van der Waals surface area contributed by atoms with Gasteiger partial charge in [0.1, 0.15) is 19.5 Å². The molecule has 22 heteroatoms. The Hall–Kier alpha value is -6.47. The molecular weight excluding hydrogens is 1180 g/mol. The smallest absolute Gasteiger partial charge is 0.407 e. The van der Waals surface area contributed by atoms with E-state index < -0.39 is 36.2 Å². The van der Waals surface area contributed by atoms with Gasteiger partial charge in [0.15, 0.2) is 0 Å². The van der Waals surface area contributed by atoms with Crippen LogP contribution in [0.2, 0.25) is 0 Å². The number of esters is 3. The van der Waals surface area contributed by atoms with Crippen molar-refractivity contribution in [3.8, 4) is 0 Å². The van der Waals surface area contributed by atoms with Gasteiger partial charge in [-0.2, -0.15) is 0 Å². The number of halogens is 5.